The van der Waals surface area contributed by atoms with E-state index in [1.165, 1.54) is 51.4 Å². The zero-order chi connectivity index (χ0) is 20.1. The number of unbranched alkanes of at least 4 members (excludes halogenated alkanes) is 10. The van der Waals surface area contributed by atoms with Gasteiger partial charge in [0.05, 0.1) is 0 Å². The fourth-order valence-electron chi connectivity index (χ4n) is 3.06. The smallest absolute Gasteiger partial charge is 0.343 e. The van der Waals surface area contributed by atoms with E-state index < -0.39 is 42.6 Å². The maximum atomic E-state index is 11.7. The van der Waals surface area contributed by atoms with Crippen LogP contribution in [0.4, 0.5) is 0 Å². The summed E-state index contributed by atoms with van der Waals surface area (Å²) in [7, 11) is 0. The molecule has 7 heteroatoms. The lowest BCUT2D eigenvalue weighted by molar-refractivity contribution is -0.156. The monoisotopic (exact) mass is 386 g/mol. The quantitative estimate of drug-likeness (QED) is 0.253. The van der Waals surface area contributed by atoms with Crippen molar-refractivity contribution in [3.05, 3.63) is 0 Å². The molecule has 0 saturated carbocycles. The topological polar surface area (TPSA) is 110 Å². The van der Waals surface area contributed by atoms with E-state index >= 15 is 0 Å². The standard InChI is InChI=1S/C20H34O7/c1-2-3-4-5-6-7-8-9-10-11-12-13-16(22)26-14-15(21)19-17(23)18(24)20(25)27-19/h15,18-19,21,24H,2-14H2,1H3. The maximum absolute atomic E-state index is 11.7. The van der Waals surface area contributed by atoms with Crippen LogP contribution in [-0.4, -0.2) is 52.9 Å². The van der Waals surface area contributed by atoms with Gasteiger partial charge in [-0.1, -0.05) is 71.1 Å². The molecular formula is C20H34O7. The molecule has 1 aliphatic rings. The molecule has 3 unspecified atom stereocenters. The van der Waals surface area contributed by atoms with Crippen LogP contribution in [-0.2, 0) is 23.9 Å². The second-order valence-electron chi connectivity index (χ2n) is 7.20. The molecule has 0 amide bonds. The number of ether oxygens (including phenoxy) is 2. The molecule has 3 atom stereocenters. The predicted molar refractivity (Wildman–Crippen MR) is 98.9 cm³/mol. The fraction of sp³-hybridized carbons (Fsp3) is 0.850. The van der Waals surface area contributed by atoms with Gasteiger partial charge in [0.15, 0.2) is 6.10 Å². The Hall–Kier alpha value is -1.47. The van der Waals surface area contributed by atoms with Crippen LogP contribution in [0.2, 0.25) is 0 Å². The van der Waals surface area contributed by atoms with Crippen LogP contribution in [0.1, 0.15) is 84.0 Å². The number of cyclic esters (lactones) is 1. The van der Waals surface area contributed by atoms with Crippen LogP contribution in [0.3, 0.4) is 0 Å². The Morgan fingerprint density at radius 1 is 1.00 bits per heavy atom. The molecule has 0 aromatic carbocycles. The van der Waals surface area contributed by atoms with Gasteiger partial charge in [-0.3, -0.25) is 9.59 Å². The van der Waals surface area contributed by atoms with E-state index in [2.05, 4.69) is 11.7 Å². The van der Waals surface area contributed by atoms with E-state index in [-0.39, 0.29) is 6.42 Å². The Bertz CT molecular complexity index is 463. The molecule has 27 heavy (non-hydrogen) atoms. The van der Waals surface area contributed by atoms with Crippen molar-refractivity contribution in [3.63, 3.8) is 0 Å². The van der Waals surface area contributed by atoms with Gasteiger partial charge >= 0.3 is 11.9 Å². The molecule has 7 nitrogen and oxygen atoms in total. The normalized spacial score (nSPS) is 20.6. The van der Waals surface area contributed by atoms with Gasteiger partial charge in [0, 0.05) is 6.42 Å². The molecule has 0 aromatic heterocycles. The minimum absolute atomic E-state index is 0.255. The van der Waals surface area contributed by atoms with Crippen molar-refractivity contribution >= 4 is 17.7 Å². The number of rotatable bonds is 15. The van der Waals surface area contributed by atoms with Crippen LogP contribution < -0.4 is 0 Å². The van der Waals surface area contributed by atoms with E-state index in [0.717, 1.165) is 19.3 Å². The van der Waals surface area contributed by atoms with Gasteiger partial charge in [-0.15, -0.1) is 0 Å². The number of carbonyl (C=O) groups excluding carboxylic acids is 3. The summed E-state index contributed by atoms with van der Waals surface area (Å²) in [6.45, 7) is 1.78. The Morgan fingerprint density at radius 2 is 1.52 bits per heavy atom. The van der Waals surface area contributed by atoms with Gasteiger partial charge in [0.25, 0.3) is 0 Å². The average Bonchev–Trinajstić information content (AvgIpc) is 2.91. The van der Waals surface area contributed by atoms with Crippen LogP contribution in [0.25, 0.3) is 0 Å². The third-order valence-corrected chi connectivity index (χ3v) is 4.77. The molecule has 0 aliphatic carbocycles. The first-order valence-electron chi connectivity index (χ1n) is 10.2. The predicted octanol–water partition coefficient (Wildman–Crippen LogP) is 2.45. The number of Topliss-reactive ketones (excluding diaryl/α,β-unsaturated/α-hetero) is 1. The molecule has 0 aromatic rings. The van der Waals surface area contributed by atoms with Crippen LogP contribution >= 0.6 is 0 Å². The highest BCUT2D eigenvalue weighted by molar-refractivity contribution is 6.09. The van der Waals surface area contributed by atoms with Crippen molar-refractivity contribution < 1.29 is 34.1 Å². The van der Waals surface area contributed by atoms with Gasteiger partial charge in [-0.05, 0) is 6.42 Å². The summed E-state index contributed by atoms with van der Waals surface area (Å²) in [5.74, 6) is -2.45. The molecule has 1 fully saturated rings. The Balaban J connectivity index is 1.97. The van der Waals surface area contributed by atoms with Crippen LogP contribution in [0.5, 0.6) is 0 Å². The average molecular weight is 386 g/mol. The van der Waals surface area contributed by atoms with E-state index in [1.54, 1.807) is 0 Å². The maximum Gasteiger partial charge on any atom is 0.343 e. The number of aliphatic hydroxyl groups is 2. The van der Waals surface area contributed by atoms with E-state index in [9.17, 15) is 24.6 Å². The van der Waals surface area contributed by atoms with Crippen molar-refractivity contribution in [2.75, 3.05) is 6.61 Å². The van der Waals surface area contributed by atoms with Crippen molar-refractivity contribution in [3.8, 4) is 0 Å². The second kappa shape index (κ2) is 13.7. The molecule has 1 aliphatic heterocycles. The molecule has 1 saturated heterocycles. The number of carbonyl (C=O) groups is 3. The molecule has 0 spiro atoms. The molecule has 0 bridgehead atoms. The number of esters is 2. The summed E-state index contributed by atoms with van der Waals surface area (Å²) >= 11 is 0. The number of ketones is 1. The van der Waals surface area contributed by atoms with Gasteiger partial charge < -0.3 is 19.7 Å². The highest BCUT2D eigenvalue weighted by Gasteiger charge is 2.46. The summed E-state index contributed by atoms with van der Waals surface area (Å²) in [6, 6.07) is 0. The van der Waals surface area contributed by atoms with E-state index in [4.69, 9.17) is 4.74 Å². The number of hydrogen-bond acceptors (Lipinski definition) is 7. The number of hydrogen-bond donors (Lipinski definition) is 2. The number of aliphatic hydroxyl groups excluding tert-OH is 2. The van der Waals surface area contributed by atoms with E-state index in [0.29, 0.717) is 0 Å². The SMILES string of the molecule is CCCCCCCCCCCCCC(=O)OCC(O)C1OC(=O)C(O)C1=O. The Morgan fingerprint density at radius 3 is 2.00 bits per heavy atom. The van der Waals surface area contributed by atoms with Crippen molar-refractivity contribution in [2.45, 2.75) is 102 Å². The van der Waals surface area contributed by atoms with Crippen molar-refractivity contribution in [1.82, 2.24) is 0 Å². The first-order valence-corrected chi connectivity index (χ1v) is 10.2. The summed E-state index contributed by atoms with van der Waals surface area (Å²) in [5, 5.41) is 19.0. The highest BCUT2D eigenvalue weighted by Crippen LogP contribution is 2.15. The lowest BCUT2D eigenvalue weighted by atomic mass is 10.1. The molecule has 156 valence electrons. The minimum atomic E-state index is -1.86. The second-order valence-corrected chi connectivity index (χ2v) is 7.20. The molecule has 1 heterocycles. The van der Waals surface area contributed by atoms with Crippen molar-refractivity contribution in [2.24, 2.45) is 0 Å². The first kappa shape index (κ1) is 23.6. The largest absolute Gasteiger partial charge is 0.463 e. The third-order valence-electron chi connectivity index (χ3n) is 4.77. The molecule has 2 N–H and O–H groups in total. The minimum Gasteiger partial charge on any atom is -0.463 e. The lowest BCUT2D eigenvalue weighted by Gasteiger charge is -2.15. The van der Waals surface area contributed by atoms with Gasteiger partial charge in [0.2, 0.25) is 11.9 Å². The van der Waals surface area contributed by atoms with Crippen LogP contribution in [0.15, 0.2) is 0 Å². The summed E-state index contributed by atoms with van der Waals surface area (Å²) in [6.07, 6.45) is 8.52. The Labute approximate surface area is 161 Å². The molecular weight excluding hydrogens is 352 g/mol. The van der Waals surface area contributed by atoms with Crippen LogP contribution in [0, 0.1) is 0 Å². The first-order chi connectivity index (χ1) is 13.0. The van der Waals surface area contributed by atoms with Crippen molar-refractivity contribution in [1.29, 1.82) is 0 Å². The third kappa shape index (κ3) is 9.33. The molecule has 1 rings (SSSR count). The summed E-state index contributed by atoms with van der Waals surface area (Å²) < 4.78 is 9.49. The fourth-order valence-corrected chi connectivity index (χ4v) is 3.06. The zero-order valence-corrected chi connectivity index (χ0v) is 16.4. The van der Waals surface area contributed by atoms with Gasteiger partial charge in [-0.25, -0.2) is 4.79 Å². The summed E-state index contributed by atoms with van der Waals surface area (Å²) in [5.41, 5.74) is 0. The van der Waals surface area contributed by atoms with Gasteiger partial charge in [-0.2, -0.15) is 0 Å². The highest BCUT2D eigenvalue weighted by atomic mass is 16.6. The van der Waals surface area contributed by atoms with E-state index in [1.807, 2.05) is 0 Å². The van der Waals surface area contributed by atoms with Gasteiger partial charge in [0.1, 0.15) is 12.7 Å². The Kier molecular flexibility index (Phi) is 11.9. The summed E-state index contributed by atoms with van der Waals surface area (Å²) in [4.78, 5) is 34.2. The molecule has 0 radical (unpaired) electrons. The lowest BCUT2D eigenvalue weighted by Crippen LogP contribution is -2.38. The zero-order valence-electron chi connectivity index (χ0n) is 16.4.